The summed E-state index contributed by atoms with van der Waals surface area (Å²) in [6, 6.07) is 0. The molecule has 1 radical (unpaired) electrons. The molecule has 0 saturated heterocycles. The van der Waals surface area contributed by atoms with Crippen molar-refractivity contribution in [2.24, 2.45) is 11.8 Å². The Hall–Kier alpha value is -0.0400. The Morgan fingerprint density at radius 1 is 1.25 bits per heavy atom. The van der Waals surface area contributed by atoms with Crippen molar-refractivity contribution in [1.82, 2.24) is 5.73 Å². The molecule has 1 heteroatoms. The van der Waals surface area contributed by atoms with Gasteiger partial charge in [-0.1, -0.05) is 20.8 Å². The van der Waals surface area contributed by atoms with E-state index in [2.05, 4.69) is 20.8 Å². The number of hydrogen-bond donors (Lipinski definition) is 0. The number of rotatable bonds is 3. The van der Waals surface area contributed by atoms with Crippen molar-refractivity contribution >= 4 is 0 Å². The van der Waals surface area contributed by atoms with E-state index in [1.54, 1.807) is 0 Å². The third-order valence-corrected chi connectivity index (χ3v) is 1.22. The molecule has 49 valence electrons. The zero-order chi connectivity index (χ0) is 6.57. The molecule has 0 aliphatic rings. The Morgan fingerprint density at radius 2 is 1.75 bits per heavy atom. The Labute approximate surface area is 52.3 Å². The van der Waals surface area contributed by atoms with Gasteiger partial charge < -0.3 is 0 Å². The Kier molecular flexibility index (Phi) is 3.88. The highest BCUT2D eigenvalue weighted by atomic mass is 14.5. The van der Waals surface area contributed by atoms with Gasteiger partial charge in [-0.25, -0.2) is 0 Å². The van der Waals surface area contributed by atoms with Crippen LogP contribution in [0.25, 0.3) is 0 Å². The van der Waals surface area contributed by atoms with E-state index in [-0.39, 0.29) is 0 Å². The maximum absolute atomic E-state index is 7.00. The fourth-order valence-electron chi connectivity index (χ4n) is 0.888. The molecule has 0 bridgehead atoms. The Morgan fingerprint density at radius 3 is 1.88 bits per heavy atom. The SMILES string of the molecule is CC(C)CC(C)C[NH]. The fraction of sp³-hybridized carbons (Fsp3) is 1.00. The molecule has 0 saturated carbocycles. The van der Waals surface area contributed by atoms with Gasteiger partial charge in [0.1, 0.15) is 0 Å². The van der Waals surface area contributed by atoms with Crippen molar-refractivity contribution in [3.8, 4) is 0 Å². The van der Waals surface area contributed by atoms with Gasteiger partial charge >= 0.3 is 0 Å². The molecule has 0 amide bonds. The molecular formula is C7H16N. The summed E-state index contributed by atoms with van der Waals surface area (Å²) >= 11 is 0. The molecule has 0 aromatic heterocycles. The lowest BCUT2D eigenvalue weighted by molar-refractivity contribution is 0.443. The molecule has 1 atom stereocenters. The molecule has 0 spiro atoms. The van der Waals surface area contributed by atoms with Gasteiger partial charge in [0.25, 0.3) is 0 Å². The molecule has 1 N–H and O–H groups in total. The number of hydrogen-bond acceptors (Lipinski definition) is 0. The first kappa shape index (κ1) is 7.96. The van der Waals surface area contributed by atoms with Crippen LogP contribution in [-0.4, -0.2) is 6.54 Å². The third-order valence-electron chi connectivity index (χ3n) is 1.22. The van der Waals surface area contributed by atoms with E-state index in [9.17, 15) is 0 Å². The standard InChI is InChI=1S/C7H16N/c1-6(2)4-7(3)5-8/h6-8H,4-5H2,1-3H3. The van der Waals surface area contributed by atoms with Gasteiger partial charge in [0.05, 0.1) is 0 Å². The molecule has 0 aromatic carbocycles. The van der Waals surface area contributed by atoms with Crippen LogP contribution in [-0.2, 0) is 0 Å². The van der Waals surface area contributed by atoms with E-state index in [4.69, 9.17) is 5.73 Å². The van der Waals surface area contributed by atoms with Crippen LogP contribution in [0.4, 0.5) is 0 Å². The largest absolute Gasteiger partial charge is 0.258 e. The maximum Gasteiger partial charge on any atom is 0.0126 e. The highest BCUT2D eigenvalue weighted by Crippen LogP contribution is 2.08. The van der Waals surface area contributed by atoms with Crippen LogP contribution in [0.15, 0.2) is 0 Å². The van der Waals surface area contributed by atoms with E-state index >= 15 is 0 Å². The molecule has 0 aromatic rings. The van der Waals surface area contributed by atoms with Crippen LogP contribution < -0.4 is 5.73 Å². The Balaban J connectivity index is 3.10. The smallest absolute Gasteiger partial charge is 0.0126 e. The van der Waals surface area contributed by atoms with E-state index < -0.39 is 0 Å². The van der Waals surface area contributed by atoms with Gasteiger partial charge in [0.2, 0.25) is 0 Å². The molecule has 0 aliphatic heterocycles. The van der Waals surface area contributed by atoms with Gasteiger partial charge in [-0.05, 0) is 18.3 Å². The first-order valence-corrected chi connectivity index (χ1v) is 3.31. The Bertz CT molecular complexity index is 50.3. The van der Waals surface area contributed by atoms with E-state index in [1.165, 1.54) is 6.42 Å². The van der Waals surface area contributed by atoms with Gasteiger partial charge in [0.15, 0.2) is 0 Å². The van der Waals surface area contributed by atoms with Gasteiger partial charge in [-0.2, -0.15) is 0 Å². The zero-order valence-corrected chi connectivity index (χ0v) is 6.07. The van der Waals surface area contributed by atoms with Crippen molar-refractivity contribution in [3.05, 3.63) is 0 Å². The molecule has 0 aliphatic carbocycles. The van der Waals surface area contributed by atoms with E-state index in [1.807, 2.05) is 0 Å². The average molecular weight is 114 g/mol. The highest BCUT2D eigenvalue weighted by molar-refractivity contribution is 4.54. The minimum atomic E-state index is 0.582. The topological polar surface area (TPSA) is 23.8 Å². The lowest BCUT2D eigenvalue weighted by Gasteiger charge is -2.09. The van der Waals surface area contributed by atoms with Gasteiger partial charge in [-0.3, -0.25) is 5.73 Å². The highest BCUT2D eigenvalue weighted by Gasteiger charge is 2.00. The second-order valence-electron chi connectivity index (χ2n) is 2.94. The van der Waals surface area contributed by atoms with Crippen LogP contribution in [0.3, 0.4) is 0 Å². The minimum Gasteiger partial charge on any atom is -0.258 e. The summed E-state index contributed by atoms with van der Waals surface area (Å²) < 4.78 is 0. The summed E-state index contributed by atoms with van der Waals surface area (Å²) in [6.07, 6.45) is 1.20. The van der Waals surface area contributed by atoms with Crippen LogP contribution >= 0.6 is 0 Å². The van der Waals surface area contributed by atoms with Crippen LogP contribution in [0.5, 0.6) is 0 Å². The number of nitrogens with one attached hydrogen (secondary N) is 1. The monoisotopic (exact) mass is 114 g/mol. The average Bonchev–Trinajstić information content (AvgIpc) is 1.65. The summed E-state index contributed by atoms with van der Waals surface area (Å²) in [7, 11) is 0. The first-order valence-electron chi connectivity index (χ1n) is 3.31. The minimum absolute atomic E-state index is 0.582. The summed E-state index contributed by atoms with van der Waals surface area (Å²) in [5.74, 6) is 1.35. The molecule has 0 rings (SSSR count). The van der Waals surface area contributed by atoms with Crippen LogP contribution in [0.2, 0.25) is 0 Å². The summed E-state index contributed by atoms with van der Waals surface area (Å²) in [5.41, 5.74) is 7.00. The lowest BCUT2D eigenvalue weighted by atomic mass is 9.99. The third kappa shape index (κ3) is 4.13. The van der Waals surface area contributed by atoms with Crippen LogP contribution in [0.1, 0.15) is 27.2 Å². The summed E-state index contributed by atoms with van der Waals surface area (Å²) in [5, 5.41) is 0. The molecule has 8 heavy (non-hydrogen) atoms. The first-order chi connectivity index (χ1) is 3.66. The maximum atomic E-state index is 7.00. The van der Waals surface area contributed by atoms with Gasteiger partial charge in [-0.15, -0.1) is 0 Å². The summed E-state index contributed by atoms with van der Waals surface area (Å²) in [4.78, 5) is 0. The fourth-order valence-corrected chi connectivity index (χ4v) is 0.888. The van der Waals surface area contributed by atoms with Crippen LogP contribution in [0, 0.1) is 11.8 Å². The molecule has 1 unspecified atom stereocenters. The van der Waals surface area contributed by atoms with Crippen molar-refractivity contribution in [1.29, 1.82) is 0 Å². The van der Waals surface area contributed by atoms with Gasteiger partial charge in [0, 0.05) is 6.54 Å². The van der Waals surface area contributed by atoms with E-state index in [0.29, 0.717) is 12.5 Å². The second kappa shape index (κ2) is 3.90. The molecule has 1 nitrogen and oxygen atoms in total. The molecule has 0 heterocycles. The van der Waals surface area contributed by atoms with Crippen molar-refractivity contribution in [3.63, 3.8) is 0 Å². The predicted molar refractivity (Wildman–Crippen MR) is 36.6 cm³/mol. The zero-order valence-electron chi connectivity index (χ0n) is 6.07. The van der Waals surface area contributed by atoms with E-state index in [0.717, 1.165) is 5.92 Å². The predicted octanol–water partition coefficient (Wildman–Crippen LogP) is 1.95. The van der Waals surface area contributed by atoms with Crippen molar-refractivity contribution in [2.75, 3.05) is 6.54 Å². The quantitative estimate of drug-likeness (QED) is 0.535. The second-order valence-corrected chi connectivity index (χ2v) is 2.94. The molecular weight excluding hydrogens is 98.1 g/mol. The lowest BCUT2D eigenvalue weighted by Crippen LogP contribution is -2.05. The van der Waals surface area contributed by atoms with Crippen molar-refractivity contribution in [2.45, 2.75) is 27.2 Å². The summed E-state index contributed by atoms with van der Waals surface area (Å²) in [6.45, 7) is 7.11. The van der Waals surface area contributed by atoms with Crippen molar-refractivity contribution < 1.29 is 0 Å². The molecule has 0 fully saturated rings. The normalized spacial score (nSPS) is 14.6.